The first-order valence-electron chi connectivity index (χ1n) is 6.13. The van der Waals surface area contributed by atoms with Gasteiger partial charge in [0, 0.05) is 12.6 Å². The van der Waals surface area contributed by atoms with E-state index in [1.165, 1.54) is 23.1 Å². The summed E-state index contributed by atoms with van der Waals surface area (Å²) in [4.78, 5) is 13.8. The zero-order valence-electron chi connectivity index (χ0n) is 11.0. The number of anilines is 1. The Morgan fingerprint density at radius 2 is 2.30 bits per heavy atom. The molecule has 1 fully saturated rings. The molecule has 0 radical (unpaired) electrons. The lowest BCUT2D eigenvalue weighted by Crippen LogP contribution is -2.41. The molecular weight excluding hydrogens is 320 g/mol. The van der Waals surface area contributed by atoms with Crippen LogP contribution in [0.4, 0.5) is 5.13 Å². The summed E-state index contributed by atoms with van der Waals surface area (Å²) in [6, 6.07) is -0.197. The Kier molecular flexibility index (Phi) is 4.86. The molecule has 2 rings (SSSR count). The highest BCUT2D eigenvalue weighted by molar-refractivity contribution is 8.01. The number of thioether (sulfide) groups is 1. The molecule has 0 spiro atoms. The maximum atomic E-state index is 12.2. The fourth-order valence-electron chi connectivity index (χ4n) is 2.14. The summed E-state index contributed by atoms with van der Waals surface area (Å²) < 4.78 is 23.6. The van der Waals surface area contributed by atoms with Gasteiger partial charge in [0.05, 0.1) is 17.3 Å². The number of nitrogens with zero attached hydrogens (tertiary/aromatic N) is 3. The lowest BCUT2D eigenvalue weighted by molar-refractivity contribution is -0.129. The van der Waals surface area contributed by atoms with E-state index in [-0.39, 0.29) is 29.2 Å². The van der Waals surface area contributed by atoms with Crippen LogP contribution in [0.2, 0.25) is 0 Å². The van der Waals surface area contributed by atoms with Crippen molar-refractivity contribution in [3.05, 3.63) is 0 Å². The molecule has 0 aliphatic carbocycles. The standard InChI is InChI=1S/C10H16N4O3S3/c1-2-14(7-3-4-20(16,17)6-7)8(15)5-18-10-13-12-9(11)19-10/h7H,2-6H2,1H3,(H2,11,12)/t7-/m0/s1. The molecule has 1 atom stereocenters. The molecule has 0 aromatic carbocycles. The van der Waals surface area contributed by atoms with Crippen molar-refractivity contribution >= 4 is 44.0 Å². The molecule has 7 nitrogen and oxygen atoms in total. The fourth-order valence-corrected chi connectivity index (χ4v) is 5.40. The van der Waals surface area contributed by atoms with E-state index in [4.69, 9.17) is 5.73 Å². The summed E-state index contributed by atoms with van der Waals surface area (Å²) in [6.07, 6.45) is 0.526. The Hall–Kier alpha value is -0.870. The van der Waals surface area contributed by atoms with Crippen LogP contribution in [0.5, 0.6) is 0 Å². The first-order valence-corrected chi connectivity index (χ1v) is 9.75. The van der Waals surface area contributed by atoms with Crippen molar-refractivity contribution in [2.24, 2.45) is 0 Å². The first kappa shape index (κ1) is 15.5. The second-order valence-corrected chi connectivity index (χ2v) is 8.89. The summed E-state index contributed by atoms with van der Waals surface area (Å²) in [5, 5.41) is 7.88. The van der Waals surface area contributed by atoms with Crippen LogP contribution in [-0.2, 0) is 14.6 Å². The van der Waals surface area contributed by atoms with Gasteiger partial charge in [-0.15, -0.1) is 10.2 Å². The van der Waals surface area contributed by atoms with Crippen LogP contribution in [-0.4, -0.2) is 59.3 Å². The molecule has 2 heterocycles. The molecule has 1 aliphatic rings. The molecule has 0 unspecified atom stereocenters. The summed E-state index contributed by atoms with van der Waals surface area (Å²) >= 11 is 2.51. The highest BCUT2D eigenvalue weighted by Crippen LogP contribution is 2.25. The lowest BCUT2D eigenvalue weighted by Gasteiger charge is -2.26. The van der Waals surface area contributed by atoms with Gasteiger partial charge in [0.1, 0.15) is 0 Å². The van der Waals surface area contributed by atoms with Gasteiger partial charge in [-0.2, -0.15) is 0 Å². The number of hydrogen-bond acceptors (Lipinski definition) is 8. The van der Waals surface area contributed by atoms with Crippen molar-refractivity contribution in [3.8, 4) is 0 Å². The summed E-state index contributed by atoms with van der Waals surface area (Å²) in [7, 11) is -2.99. The Balaban J connectivity index is 1.92. The van der Waals surface area contributed by atoms with Crippen molar-refractivity contribution < 1.29 is 13.2 Å². The van der Waals surface area contributed by atoms with Crippen LogP contribution in [0.3, 0.4) is 0 Å². The van der Waals surface area contributed by atoms with Gasteiger partial charge in [-0.3, -0.25) is 4.79 Å². The van der Waals surface area contributed by atoms with E-state index in [0.717, 1.165) is 0 Å². The molecule has 0 bridgehead atoms. The number of hydrogen-bond donors (Lipinski definition) is 1. The predicted molar refractivity (Wildman–Crippen MR) is 79.5 cm³/mol. The molecule has 1 aliphatic heterocycles. The van der Waals surface area contributed by atoms with Crippen molar-refractivity contribution in [1.29, 1.82) is 0 Å². The SMILES string of the molecule is CCN(C(=O)CSc1nnc(N)s1)[C@H]1CCS(=O)(=O)C1. The number of sulfone groups is 1. The number of nitrogens with two attached hydrogens (primary N) is 1. The minimum Gasteiger partial charge on any atom is -0.374 e. The van der Waals surface area contributed by atoms with Gasteiger partial charge in [0.2, 0.25) is 11.0 Å². The molecule has 112 valence electrons. The van der Waals surface area contributed by atoms with Crippen LogP contribution >= 0.6 is 23.1 Å². The summed E-state index contributed by atoms with van der Waals surface area (Å²) in [5.41, 5.74) is 5.47. The van der Waals surface area contributed by atoms with Crippen molar-refractivity contribution in [2.45, 2.75) is 23.7 Å². The number of carbonyl (C=O) groups excluding carboxylic acids is 1. The van der Waals surface area contributed by atoms with E-state index in [1.54, 1.807) is 4.90 Å². The zero-order chi connectivity index (χ0) is 14.8. The number of nitrogen functional groups attached to an aromatic ring is 1. The molecular formula is C10H16N4O3S3. The molecule has 1 aromatic heterocycles. The highest BCUT2D eigenvalue weighted by atomic mass is 32.2. The number of carbonyl (C=O) groups is 1. The third-order valence-corrected chi connectivity index (χ3v) is 6.67. The van der Waals surface area contributed by atoms with Crippen molar-refractivity contribution in [3.63, 3.8) is 0 Å². The largest absolute Gasteiger partial charge is 0.374 e. The Bertz CT molecular complexity index is 586. The van der Waals surface area contributed by atoms with E-state index in [2.05, 4.69) is 10.2 Å². The number of aromatic nitrogens is 2. The quantitative estimate of drug-likeness (QED) is 0.768. The maximum absolute atomic E-state index is 12.2. The minimum absolute atomic E-state index is 0.0724. The average molecular weight is 336 g/mol. The second kappa shape index (κ2) is 6.27. The molecule has 2 N–H and O–H groups in total. The van der Waals surface area contributed by atoms with Gasteiger partial charge in [-0.25, -0.2) is 8.42 Å². The van der Waals surface area contributed by atoms with E-state index < -0.39 is 9.84 Å². The Morgan fingerprint density at radius 3 is 2.80 bits per heavy atom. The van der Waals surface area contributed by atoms with Gasteiger partial charge in [0.15, 0.2) is 14.2 Å². The van der Waals surface area contributed by atoms with Gasteiger partial charge >= 0.3 is 0 Å². The van der Waals surface area contributed by atoms with Crippen molar-refractivity contribution in [2.75, 3.05) is 29.5 Å². The molecule has 0 saturated carbocycles. The van der Waals surface area contributed by atoms with Crippen molar-refractivity contribution in [1.82, 2.24) is 15.1 Å². The minimum atomic E-state index is -2.99. The van der Waals surface area contributed by atoms with Gasteiger partial charge in [-0.1, -0.05) is 23.1 Å². The summed E-state index contributed by atoms with van der Waals surface area (Å²) in [5.74, 6) is 0.386. The summed E-state index contributed by atoms with van der Waals surface area (Å²) in [6.45, 7) is 2.37. The lowest BCUT2D eigenvalue weighted by atomic mass is 10.2. The first-order chi connectivity index (χ1) is 9.41. The molecule has 1 aromatic rings. The number of rotatable bonds is 5. The van der Waals surface area contributed by atoms with Crippen LogP contribution in [0.15, 0.2) is 4.34 Å². The van der Waals surface area contributed by atoms with E-state index in [9.17, 15) is 13.2 Å². The molecule has 1 saturated heterocycles. The van der Waals surface area contributed by atoms with E-state index >= 15 is 0 Å². The van der Waals surface area contributed by atoms with E-state index in [1.807, 2.05) is 6.92 Å². The highest BCUT2D eigenvalue weighted by Gasteiger charge is 2.33. The molecule has 1 amide bonds. The Labute approximate surface area is 125 Å². The average Bonchev–Trinajstić information content (AvgIpc) is 2.94. The second-order valence-electron chi connectivity index (χ2n) is 4.43. The van der Waals surface area contributed by atoms with Gasteiger partial charge in [-0.05, 0) is 13.3 Å². The predicted octanol–water partition coefficient (Wildman–Crippen LogP) is 0.248. The van der Waals surface area contributed by atoms with Gasteiger partial charge < -0.3 is 10.6 Å². The zero-order valence-corrected chi connectivity index (χ0v) is 13.4. The monoisotopic (exact) mass is 336 g/mol. The van der Waals surface area contributed by atoms with Crippen LogP contribution < -0.4 is 5.73 Å². The molecule has 20 heavy (non-hydrogen) atoms. The van der Waals surface area contributed by atoms with Crippen LogP contribution in [0.1, 0.15) is 13.3 Å². The number of amides is 1. The fraction of sp³-hybridized carbons (Fsp3) is 0.700. The molecule has 10 heteroatoms. The third-order valence-electron chi connectivity index (χ3n) is 3.05. The normalized spacial score (nSPS) is 20.9. The van der Waals surface area contributed by atoms with Crippen LogP contribution in [0, 0.1) is 0 Å². The Morgan fingerprint density at radius 1 is 1.55 bits per heavy atom. The maximum Gasteiger partial charge on any atom is 0.233 e. The van der Waals surface area contributed by atoms with E-state index in [0.29, 0.717) is 22.4 Å². The topological polar surface area (TPSA) is 106 Å². The van der Waals surface area contributed by atoms with Gasteiger partial charge in [0.25, 0.3) is 0 Å². The smallest absolute Gasteiger partial charge is 0.233 e. The third kappa shape index (κ3) is 3.83. The van der Waals surface area contributed by atoms with Crippen LogP contribution in [0.25, 0.3) is 0 Å².